The molecule has 0 bridgehead atoms. The van der Waals surface area contributed by atoms with E-state index in [1.54, 1.807) is 10.8 Å². The normalized spacial score (nSPS) is 11.6. The molecule has 1 heterocycles. The summed E-state index contributed by atoms with van der Waals surface area (Å²) in [6, 6.07) is 13.9. The van der Waals surface area contributed by atoms with Crippen molar-refractivity contribution in [2.45, 2.75) is 32.7 Å². The molecule has 0 unspecified atom stereocenters. The van der Waals surface area contributed by atoms with E-state index in [4.69, 9.17) is 0 Å². The Kier molecular flexibility index (Phi) is 5.04. The van der Waals surface area contributed by atoms with Crippen molar-refractivity contribution in [2.75, 3.05) is 0 Å². The summed E-state index contributed by atoms with van der Waals surface area (Å²) in [7, 11) is 0. The van der Waals surface area contributed by atoms with Gasteiger partial charge in [0.2, 0.25) is 6.54 Å². The van der Waals surface area contributed by atoms with Crippen molar-refractivity contribution >= 4 is 12.1 Å². The molecule has 1 aromatic carbocycles. The smallest absolute Gasteiger partial charge is 0.266 e. The number of carbonyl (C=O) groups excluding carboxylic acids is 1. The van der Waals surface area contributed by atoms with Gasteiger partial charge in [-0.1, -0.05) is 51.1 Å². The molecule has 1 aromatic heterocycles. The highest BCUT2D eigenvalue weighted by molar-refractivity contribution is 5.82. The Labute approximate surface area is 131 Å². The second kappa shape index (κ2) is 6.98. The lowest BCUT2D eigenvalue weighted by atomic mass is 9.87. The first-order chi connectivity index (χ1) is 10.4. The first-order valence-electron chi connectivity index (χ1n) is 7.32. The van der Waals surface area contributed by atoms with Crippen LogP contribution in [0.25, 0.3) is 0 Å². The van der Waals surface area contributed by atoms with Gasteiger partial charge in [-0.05, 0) is 16.5 Å². The minimum atomic E-state index is -0.154. The number of benzene rings is 1. The molecule has 0 fully saturated rings. The highest BCUT2D eigenvalue weighted by Crippen LogP contribution is 2.21. The minimum absolute atomic E-state index is 0.136. The number of rotatable bonds is 4. The van der Waals surface area contributed by atoms with Crippen molar-refractivity contribution in [3.63, 3.8) is 0 Å². The maximum absolute atomic E-state index is 11.7. The zero-order chi connectivity index (χ0) is 16.0. The second-order valence-electron chi connectivity index (χ2n) is 6.21. The first-order valence-corrected chi connectivity index (χ1v) is 7.32. The third-order valence-electron chi connectivity index (χ3n) is 3.28. The number of amides is 1. The molecule has 0 aliphatic carbocycles. The predicted molar refractivity (Wildman–Crippen MR) is 87.5 cm³/mol. The van der Waals surface area contributed by atoms with E-state index in [1.165, 1.54) is 5.56 Å². The lowest BCUT2D eigenvalue weighted by Gasteiger charge is -2.18. The Morgan fingerprint density at radius 1 is 1.14 bits per heavy atom. The van der Waals surface area contributed by atoms with Crippen LogP contribution in [0.15, 0.2) is 60.0 Å². The Morgan fingerprint density at radius 2 is 1.77 bits per heavy atom. The Hall–Kier alpha value is -2.49. The van der Waals surface area contributed by atoms with Crippen LogP contribution in [0.4, 0.5) is 0 Å². The average molecular weight is 296 g/mol. The van der Waals surface area contributed by atoms with Gasteiger partial charge in [-0.15, -0.1) is 0 Å². The van der Waals surface area contributed by atoms with Gasteiger partial charge in [0.25, 0.3) is 0 Å². The number of nitrogens with one attached hydrogen (secondary N) is 1. The van der Waals surface area contributed by atoms with Crippen molar-refractivity contribution in [1.29, 1.82) is 0 Å². The SMILES string of the molecule is CC(C)(C)c1ccc(/C=N/NC(=O)C[n+]2ccccc2)cc1. The van der Waals surface area contributed by atoms with Crippen LogP contribution in [0.5, 0.6) is 0 Å². The van der Waals surface area contributed by atoms with E-state index in [1.807, 2.05) is 42.7 Å². The van der Waals surface area contributed by atoms with Crippen LogP contribution in [-0.2, 0) is 16.8 Å². The van der Waals surface area contributed by atoms with Crippen molar-refractivity contribution < 1.29 is 9.36 Å². The van der Waals surface area contributed by atoms with Gasteiger partial charge in [0.05, 0.1) is 6.21 Å². The van der Waals surface area contributed by atoms with Gasteiger partial charge in [0.1, 0.15) is 0 Å². The van der Waals surface area contributed by atoms with Gasteiger partial charge in [0.15, 0.2) is 12.4 Å². The zero-order valence-corrected chi connectivity index (χ0v) is 13.3. The van der Waals surface area contributed by atoms with E-state index >= 15 is 0 Å². The quantitative estimate of drug-likeness (QED) is 0.526. The summed E-state index contributed by atoms with van der Waals surface area (Å²) in [6.07, 6.45) is 5.34. The number of pyridine rings is 1. The summed E-state index contributed by atoms with van der Waals surface area (Å²) in [6.45, 7) is 6.79. The molecule has 0 saturated heterocycles. The molecule has 4 heteroatoms. The molecule has 2 rings (SSSR count). The van der Waals surface area contributed by atoms with E-state index in [-0.39, 0.29) is 17.9 Å². The van der Waals surface area contributed by atoms with E-state index < -0.39 is 0 Å². The van der Waals surface area contributed by atoms with Gasteiger partial charge in [-0.2, -0.15) is 9.67 Å². The van der Waals surface area contributed by atoms with Gasteiger partial charge >= 0.3 is 5.91 Å². The number of aromatic nitrogens is 1. The second-order valence-corrected chi connectivity index (χ2v) is 6.21. The monoisotopic (exact) mass is 296 g/mol. The fourth-order valence-corrected chi connectivity index (χ4v) is 1.99. The van der Waals surface area contributed by atoms with Crippen LogP contribution < -0.4 is 9.99 Å². The van der Waals surface area contributed by atoms with Crippen molar-refractivity contribution in [3.8, 4) is 0 Å². The first kappa shape index (κ1) is 15.9. The molecule has 0 aliphatic heterocycles. The molecule has 2 aromatic rings. The van der Waals surface area contributed by atoms with Crippen LogP contribution in [0, 0.1) is 0 Å². The number of hydrogen-bond acceptors (Lipinski definition) is 2. The van der Waals surface area contributed by atoms with Gasteiger partial charge in [0, 0.05) is 12.1 Å². The van der Waals surface area contributed by atoms with Crippen LogP contribution in [0.1, 0.15) is 31.9 Å². The van der Waals surface area contributed by atoms with Gasteiger partial charge in [-0.3, -0.25) is 4.79 Å². The molecule has 4 nitrogen and oxygen atoms in total. The molecule has 0 spiro atoms. The van der Waals surface area contributed by atoms with Crippen molar-refractivity contribution in [1.82, 2.24) is 5.43 Å². The highest BCUT2D eigenvalue weighted by atomic mass is 16.2. The Morgan fingerprint density at radius 3 is 2.36 bits per heavy atom. The van der Waals surface area contributed by atoms with Crippen molar-refractivity contribution in [2.24, 2.45) is 5.10 Å². The molecule has 0 radical (unpaired) electrons. The molecular weight excluding hydrogens is 274 g/mol. The van der Waals surface area contributed by atoms with Crippen LogP contribution in [0.2, 0.25) is 0 Å². The van der Waals surface area contributed by atoms with Crippen molar-refractivity contribution in [3.05, 3.63) is 66.0 Å². The molecular formula is C18H22N3O+. The number of nitrogens with zero attached hydrogens (tertiary/aromatic N) is 2. The van der Waals surface area contributed by atoms with E-state index in [0.29, 0.717) is 0 Å². The Bertz CT molecular complexity index is 640. The van der Waals surface area contributed by atoms with Crippen LogP contribution in [0.3, 0.4) is 0 Å². The molecule has 22 heavy (non-hydrogen) atoms. The summed E-state index contributed by atoms with van der Waals surface area (Å²) in [4.78, 5) is 11.7. The molecule has 0 saturated carbocycles. The number of hydrazone groups is 1. The molecule has 114 valence electrons. The topological polar surface area (TPSA) is 45.3 Å². The number of carbonyl (C=O) groups is 1. The lowest BCUT2D eigenvalue weighted by molar-refractivity contribution is -0.684. The standard InChI is InChI=1S/C18H21N3O/c1-18(2,3)16-9-7-15(8-10-16)13-19-20-17(22)14-21-11-5-4-6-12-21/h4-13H,14H2,1-3H3/p+1/b19-13+. The average Bonchev–Trinajstić information content (AvgIpc) is 2.48. The Balaban J connectivity index is 1.88. The van der Waals surface area contributed by atoms with E-state index in [2.05, 4.69) is 43.4 Å². The third-order valence-corrected chi connectivity index (χ3v) is 3.28. The largest absolute Gasteiger partial charge is 0.305 e. The molecule has 0 atom stereocenters. The fourth-order valence-electron chi connectivity index (χ4n) is 1.99. The van der Waals surface area contributed by atoms with Crippen LogP contribution >= 0.6 is 0 Å². The zero-order valence-electron chi connectivity index (χ0n) is 13.3. The van der Waals surface area contributed by atoms with Gasteiger partial charge < -0.3 is 0 Å². The third kappa shape index (κ3) is 4.81. The summed E-state index contributed by atoms with van der Waals surface area (Å²) >= 11 is 0. The predicted octanol–water partition coefficient (Wildman–Crippen LogP) is 2.42. The van der Waals surface area contributed by atoms with E-state index in [9.17, 15) is 4.79 Å². The minimum Gasteiger partial charge on any atom is -0.266 e. The van der Waals surface area contributed by atoms with Crippen LogP contribution in [-0.4, -0.2) is 12.1 Å². The maximum atomic E-state index is 11.7. The summed E-state index contributed by atoms with van der Waals surface area (Å²) in [5, 5.41) is 3.99. The summed E-state index contributed by atoms with van der Waals surface area (Å²) in [5.41, 5.74) is 4.90. The summed E-state index contributed by atoms with van der Waals surface area (Å²) < 4.78 is 1.79. The fraction of sp³-hybridized carbons (Fsp3) is 0.278. The highest BCUT2D eigenvalue weighted by Gasteiger charge is 2.12. The molecule has 1 N–H and O–H groups in total. The van der Waals surface area contributed by atoms with Gasteiger partial charge in [-0.25, -0.2) is 5.43 Å². The molecule has 1 amide bonds. The number of hydrogen-bond donors (Lipinski definition) is 1. The lowest BCUT2D eigenvalue weighted by Crippen LogP contribution is -2.40. The summed E-state index contributed by atoms with van der Waals surface area (Å²) in [5.74, 6) is -0.154. The van der Waals surface area contributed by atoms with E-state index in [0.717, 1.165) is 5.56 Å². The molecule has 0 aliphatic rings. The maximum Gasteiger partial charge on any atom is 0.305 e.